The van der Waals surface area contributed by atoms with Crippen LogP contribution in [0.3, 0.4) is 0 Å². The Balaban J connectivity index is 1.61. The predicted octanol–water partition coefficient (Wildman–Crippen LogP) is 2.91. The van der Waals surface area contributed by atoms with Gasteiger partial charge in [0.1, 0.15) is 0 Å². The van der Waals surface area contributed by atoms with E-state index in [0.29, 0.717) is 44.1 Å². The van der Waals surface area contributed by atoms with E-state index in [1.807, 2.05) is 9.80 Å². The smallest absolute Gasteiger partial charge is 0.232 e. The first-order valence-electron chi connectivity index (χ1n) is 10.9. The van der Waals surface area contributed by atoms with Gasteiger partial charge in [0.2, 0.25) is 11.8 Å². The molecule has 0 aromatic carbocycles. The number of thioether (sulfide) groups is 1. The van der Waals surface area contributed by atoms with Crippen molar-refractivity contribution in [2.75, 3.05) is 37.7 Å². The van der Waals surface area contributed by atoms with E-state index < -0.39 is 6.10 Å². The molecule has 1 aliphatic carbocycles. The van der Waals surface area contributed by atoms with Crippen molar-refractivity contribution < 1.29 is 14.7 Å². The van der Waals surface area contributed by atoms with Gasteiger partial charge in [-0.2, -0.15) is 11.8 Å². The molecule has 0 radical (unpaired) electrons. The number of carbonyl (C=O) groups is 2. The van der Waals surface area contributed by atoms with E-state index in [9.17, 15) is 14.7 Å². The first-order chi connectivity index (χ1) is 13.0. The van der Waals surface area contributed by atoms with Gasteiger partial charge < -0.3 is 14.9 Å². The van der Waals surface area contributed by atoms with Crippen molar-refractivity contribution in [2.45, 2.75) is 70.8 Å². The third-order valence-corrected chi connectivity index (χ3v) is 7.68. The Hall–Kier alpha value is -0.750. The molecule has 1 spiro atoms. The molecule has 2 amide bonds. The summed E-state index contributed by atoms with van der Waals surface area (Å²) in [4.78, 5) is 29.4. The Labute approximate surface area is 168 Å². The molecule has 0 unspecified atom stereocenters. The van der Waals surface area contributed by atoms with Crippen LogP contribution in [-0.2, 0) is 9.59 Å². The number of aliphatic hydroxyl groups excluding tert-OH is 1. The van der Waals surface area contributed by atoms with E-state index in [2.05, 4.69) is 6.92 Å². The maximum atomic E-state index is 12.9. The van der Waals surface area contributed by atoms with Crippen molar-refractivity contribution in [2.24, 2.45) is 11.3 Å². The van der Waals surface area contributed by atoms with Crippen LogP contribution in [0.4, 0.5) is 0 Å². The topological polar surface area (TPSA) is 60.9 Å². The van der Waals surface area contributed by atoms with Crippen LogP contribution >= 0.6 is 11.8 Å². The molecule has 0 aromatic rings. The zero-order valence-corrected chi connectivity index (χ0v) is 17.6. The molecular formula is C21H36N2O3S. The SMILES string of the molecule is CCSCC(=O)N1CC[C@@H](O)[C@]2(CCCN(C(=O)CC3CCCCC3)C2)C1. The van der Waals surface area contributed by atoms with Gasteiger partial charge in [-0.05, 0) is 43.8 Å². The molecule has 0 bridgehead atoms. The van der Waals surface area contributed by atoms with Crippen LogP contribution in [0.15, 0.2) is 0 Å². The lowest BCUT2D eigenvalue weighted by atomic mass is 9.71. The summed E-state index contributed by atoms with van der Waals surface area (Å²) in [5.41, 5.74) is -0.328. The van der Waals surface area contributed by atoms with E-state index in [-0.39, 0.29) is 17.2 Å². The molecule has 2 heterocycles. The molecule has 3 aliphatic rings. The molecule has 1 saturated carbocycles. The summed E-state index contributed by atoms with van der Waals surface area (Å²) >= 11 is 1.65. The third-order valence-electron chi connectivity index (χ3n) is 6.82. The summed E-state index contributed by atoms with van der Waals surface area (Å²) in [6.07, 6.45) is 8.92. The molecule has 27 heavy (non-hydrogen) atoms. The standard InChI is InChI=1S/C21H36N2O3S/c1-2-27-14-20(26)23-12-9-18(24)21(16-23)10-6-11-22(15-21)19(25)13-17-7-4-3-5-8-17/h17-18,24H,2-16H2,1H3/t18-,21+/m1/s1. The quantitative estimate of drug-likeness (QED) is 0.776. The second kappa shape index (κ2) is 9.64. The molecule has 1 N–H and O–H groups in total. The fraction of sp³-hybridized carbons (Fsp3) is 0.905. The lowest BCUT2D eigenvalue weighted by Crippen LogP contribution is -2.60. The van der Waals surface area contributed by atoms with Crippen LogP contribution < -0.4 is 0 Å². The molecule has 6 heteroatoms. The second-order valence-electron chi connectivity index (χ2n) is 8.75. The van der Waals surface area contributed by atoms with Crippen LogP contribution in [0.5, 0.6) is 0 Å². The van der Waals surface area contributed by atoms with Crippen LogP contribution in [0.1, 0.15) is 64.7 Å². The fourth-order valence-corrected chi connectivity index (χ4v) is 5.75. The number of amides is 2. The average Bonchev–Trinajstić information content (AvgIpc) is 2.69. The van der Waals surface area contributed by atoms with Gasteiger partial charge in [-0.1, -0.05) is 26.2 Å². The molecule has 3 rings (SSSR count). The molecule has 5 nitrogen and oxygen atoms in total. The number of aliphatic hydroxyl groups is 1. The highest BCUT2D eigenvalue weighted by Gasteiger charge is 2.47. The number of hydrogen-bond acceptors (Lipinski definition) is 4. The van der Waals surface area contributed by atoms with Crippen molar-refractivity contribution in [3.63, 3.8) is 0 Å². The monoisotopic (exact) mass is 396 g/mol. The van der Waals surface area contributed by atoms with Crippen LogP contribution in [0.25, 0.3) is 0 Å². The van der Waals surface area contributed by atoms with Crippen molar-refractivity contribution in [3.05, 3.63) is 0 Å². The van der Waals surface area contributed by atoms with Crippen molar-refractivity contribution in [3.8, 4) is 0 Å². The van der Waals surface area contributed by atoms with E-state index in [1.54, 1.807) is 11.8 Å². The zero-order valence-electron chi connectivity index (χ0n) is 16.8. The minimum absolute atomic E-state index is 0.179. The van der Waals surface area contributed by atoms with Gasteiger partial charge in [-0.3, -0.25) is 9.59 Å². The molecular weight excluding hydrogens is 360 g/mol. The highest BCUT2D eigenvalue weighted by molar-refractivity contribution is 7.99. The number of rotatable bonds is 5. The molecule has 2 saturated heterocycles. The van der Waals surface area contributed by atoms with Crippen molar-refractivity contribution in [1.29, 1.82) is 0 Å². The molecule has 0 aromatic heterocycles. The van der Waals surface area contributed by atoms with E-state index in [0.717, 1.165) is 25.1 Å². The Morgan fingerprint density at radius 2 is 1.70 bits per heavy atom. The lowest BCUT2D eigenvalue weighted by Gasteiger charge is -2.51. The van der Waals surface area contributed by atoms with E-state index >= 15 is 0 Å². The molecule has 154 valence electrons. The van der Waals surface area contributed by atoms with Crippen LogP contribution in [-0.4, -0.2) is 70.5 Å². The molecule has 3 fully saturated rings. The first kappa shape index (κ1) is 21.0. The summed E-state index contributed by atoms with van der Waals surface area (Å²) in [5, 5.41) is 10.8. The largest absolute Gasteiger partial charge is 0.392 e. The number of nitrogens with zero attached hydrogens (tertiary/aromatic N) is 2. The van der Waals surface area contributed by atoms with Crippen molar-refractivity contribution in [1.82, 2.24) is 9.80 Å². The Morgan fingerprint density at radius 3 is 2.41 bits per heavy atom. The summed E-state index contributed by atoms with van der Waals surface area (Å²) < 4.78 is 0. The number of piperidine rings is 2. The van der Waals surface area contributed by atoms with Gasteiger partial charge in [0.25, 0.3) is 0 Å². The number of hydrogen-bond donors (Lipinski definition) is 1. The third kappa shape index (κ3) is 5.20. The highest BCUT2D eigenvalue weighted by Crippen LogP contribution is 2.39. The minimum atomic E-state index is -0.411. The van der Waals surface area contributed by atoms with Crippen molar-refractivity contribution >= 4 is 23.6 Å². The predicted molar refractivity (Wildman–Crippen MR) is 110 cm³/mol. The van der Waals surface area contributed by atoms with E-state index in [4.69, 9.17) is 0 Å². The van der Waals surface area contributed by atoms with Gasteiger partial charge in [0.05, 0.1) is 11.9 Å². The Kier molecular flexibility index (Phi) is 7.49. The fourth-order valence-electron chi connectivity index (χ4n) is 5.18. The van der Waals surface area contributed by atoms with Gasteiger partial charge in [0, 0.05) is 38.0 Å². The average molecular weight is 397 g/mol. The second-order valence-corrected chi connectivity index (χ2v) is 10.0. The van der Waals surface area contributed by atoms with Gasteiger partial charge >= 0.3 is 0 Å². The first-order valence-corrected chi connectivity index (χ1v) is 12.0. The van der Waals surface area contributed by atoms with Crippen LogP contribution in [0.2, 0.25) is 0 Å². The van der Waals surface area contributed by atoms with E-state index in [1.165, 1.54) is 32.1 Å². The molecule has 2 aliphatic heterocycles. The Bertz CT molecular complexity index is 524. The lowest BCUT2D eigenvalue weighted by molar-refractivity contribution is -0.147. The van der Waals surface area contributed by atoms with Crippen LogP contribution in [0, 0.1) is 11.3 Å². The van der Waals surface area contributed by atoms with Gasteiger partial charge in [0.15, 0.2) is 0 Å². The number of carbonyl (C=O) groups excluding carboxylic acids is 2. The summed E-state index contributed by atoms with van der Waals surface area (Å²) in [6, 6.07) is 0. The normalized spacial score (nSPS) is 29.9. The van der Waals surface area contributed by atoms with Gasteiger partial charge in [-0.25, -0.2) is 0 Å². The Morgan fingerprint density at radius 1 is 1.00 bits per heavy atom. The summed E-state index contributed by atoms with van der Waals surface area (Å²) in [6.45, 7) is 4.73. The number of likely N-dealkylation sites (tertiary alicyclic amines) is 2. The maximum absolute atomic E-state index is 12.9. The summed E-state index contributed by atoms with van der Waals surface area (Å²) in [5.74, 6) is 2.45. The highest BCUT2D eigenvalue weighted by atomic mass is 32.2. The molecule has 2 atom stereocenters. The summed E-state index contributed by atoms with van der Waals surface area (Å²) in [7, 11) is 0. The zero-order chi connectivity index (χ0) is 19.3. The maximum Gasteiger partial charge on any atom is 0.232 e. The minimum Gasteiger partial charge on any atom is -0.392 e. The van der Waals surface area contributed by atoms with Gasteiger partial charge in [-0.15, -0.1) is 0 Å².